The van der Waals surface area contributed by atoms with E-state index in [1.165, 1.54) is 25.7 Å². The van der Waals surface area contributed by atoms with Gasteiger partial charge < -0.3 is 10.2 Å². The van der Waals surface area contributed by atoms with Crippen LogP contribution in [0.15, 0.2) is 18.3 Å². The number of anilines is 1. The van der Waals surface area contributed by atoms with Crippen LogP contribution in [-0.4, -0.2) is 11.6 Å². The first-order valence-electron chi connectivity index (χ1n) is 5.88. The van der Waals surface area contributed by atoms with Crippen molar-refractivity contribution in [3.8, 4) is 0 Å². The van der Waals surface area contributed by atoms with Crippen LogP contribution in [0.1, 0.15) is 31.2 Å². The monoisotopic (exact) mass is 221 g/mol. The number of hydrogen-bond donors (Lipinski definition) is 2. The first-order valence-corrected chi connectivity index (χ1v) is 5.88. The van der Waals surface area contributed by atoms with Gasteiger partial charge in [0.05, 0.1) is 6.61 Å². The Bertz CT molecular complexity index is 326. The summed E-state index contributed by atoms with van der Waals surface area (Å²) in [4.78, 5) is 4.12. The highest BCUT2D eigenvalue weighted by molar-refractivity contribution is 5.41. The molecule has 1 fully saturated rings. The second-order valence-electron chi connectivity index (χ2n) is 4.29. The number of nitrogens with one attached hydrogen (secondary N) is 1. The lowest BCUT2D eigenvalue weighted by Gasteiger charge is -2.24. The van der Waals surface area contributed by atoms with Crippen molar-refractivity contribution >= 4 is 5.82 Å². The molecule has 1 aromatic rings. The minimum absolute atomic E-state index is 0.583. The van der Waals surface area contributed by atoms with Crippen LogP contribution in [0.25, 0.3) is 0 Å². The molecule has 1 aromatic heterocycles. The van der Waals surface area contributed by atoms with Gasteiger partial charge >= 0.3 is 0 Å². The van der Waals surface area contributed by atoms with Crippen molar-refractivity contribution in [3.05, 3.63) is 23.9 Å². The van der Waals surface area contributed by atoms with Crippen molar-refractivity contribution in [2.75, 3.05) is 12.0 Å². The summed E-state index contributed by atoms with van der Waals surface area (Å²) in [6, 6.07) is 3.87. The molecule has 4 nitrogen and oxygen atoms in total. The predicted octanol–water partition coefficient (Wildman–Crippen LogP) is 2.07. The molecule has 0 spiro atoms. The largest absolute Gasteiger partial charge is 0.377 e. The van der Waals surface area contributed by atoms with E-state index in [1.54, 1.807) is 6.20 Å². The quantitative estimate of drug-likeness (QED) is 0.438. The van der Waals surface area contributed by atoms with E-state index in [9.17, 15) is 0 Å². The molecule has 0 unspecified atom stereocenters. The number of ether oxygens (including phenoxy) is 1. The lowest BCUT2D eigenvalue weighted by atomic mass is 9.83. The van der Waals surface area contributed by atoms with Gasteiger partial charge in [0.25, 0.3) is 0 Å². The van der Waals surface area contributed by atoms with Crippen molar-refractivity contribution in [1.29, 1.82) is 0 Å². The second kappa shape index (κ2) is 5.82. The van der Waals surface area contributed by atoms with E-state index >= 15 is 0 Å². The normalized spacial score (nSPS) is 15.8. The summed E-state index contributed by atoms with van der Waals surface area (Å²) in [5.74, 6) is 6.97. The Hall–Kier alpha value is -1.13. The highest BCUT2D eigenvalue weighted by Gasteiger charge is 2.16. The SMILES string of the molecule is NNc1ncccc1COCCC1CCC1. The van der Waals surface area contributed by atoms with Gasteiger partial charge in [-0.15, -0.1) is 0 Å². The summed E-state index contributed by atoms with van der Waals surface area (Å²) < 4.78 is 5.63. The molecule has 1 saturated carbocycles. The number of pyridine rings is 1. The van der Waals surface area contributed by atoms with Crippen molar-refractivity contribution in [3.63, 3.8) is 0 Å². The van der Waals surface area contributed by atoms with Crippen molar-refractivity contribution in [1.82, 2.24) is 4.98 Å². The number of rotatable bonds is 6. The first kappa shape index (κ1) is 11.4. The minimum atomic E-state index is 0.583. The Morgan fingerprint density at radius 3 is 3.06 bits per heavy atom. The Balaban J connectivity index is 1.71. The lowest BCUT2D eigenvalue weighted by molar-refractivity contribution is 0.0951. The van der Waals surface area contributed by atoms with Gasteiger partial charge in [-0.1, -0.05) is 25.3 Å². The summed E-state index contributed by atoms with van der Waals surface area (Å²) in [6.45, 7) is 1.42. The summed E-state index contributed by atoms with van der Waals surface area (Å²) in [5.41, 5.74) is 3.59. The van der Waals surface area contributed by atoms with E-state index < -0.39 is 0 Å². The molecule has 0 bridgehead atoms. The molecule has 0 aromatic carbocycles. The third-order valence-electron chi connectivity index (χ3n) is 3.18. The van der Waals surface area contributed by atoms with E-state index in [2.05, 4.69) is 10.4 Å². The maximum atomic E-state index is 5.63. The van der Waals surface area contributed by atoms with E-state index in [-0.39, 0.29) is 0 Å². The zero-order valence-corrected chi connectivity index (χ0v) is 9.48. The maximum absolute atomic E-state index is 5.63. The fraction of sp³-hybridized carbons (Fsp3) is 0.583. The lowest BCUT2D eigenvalue weighted by Crippen LogP contribution is -2.14. The van der Waals surface area contributed by atoms with Crippen LogP contribution in [0.5, 0.6) is 0 Å². The molecular weight excluding hydrogens is 202 g/mol. The molecule has 4 heteroatoms. The van der Waals surface area contributed by atoms with Gasteiger partial charge in [0.15, 0.2) is 0 Å². The smallest absolute Gasteiger partial charge is 0.145 e. The standard InChI is InChI=1S/C12H19N3O/c13-15-12-11(5-2-7-14-12)9-16-8-6-10-3-1-4-10/h2,5,7,10H,1,3-4,6,8-9,13H2,(H,14,15). The summed E-state index contributed by atoms with van der Waals surface area (Å²) in [5, 5.41) is 0. The molecule has 0 radical (unpaired) electrons. The zero-order valence-electron chi connectivity index (χ0n) is 9.48. The molecule has 1 aliphatic carbocycles. The number of nitrogens with two attached hydrogens (primary N) is 1. The molecule has 2 rings (SSSR count). The van der Waals surface area contributed by atoms with Crippen molar-refractivity contribution in [2.24, 2.45) is 11.8 Å². The van der Waals surface area contributed by atoms with Gasteiger partial charge in [0, 0.05) is 18.4 Å². The van der Waals surface area contributed by atoms with Crippen LogP contribution in [0.4, 0.5) is 5.82 Å². The fourth-order valence-corrected chi connectivity index (χ4v) is 1.90. The van der Waals surface area contributed by atoms with E-state index in [1.807, 2.05) is 12.1 Å². The Morgan fingerprint density at radius 1 is 1.50 bits per heavy atom. The van der Waals surface area contributed by atoms with E-state index in [4.69, 9.17) is 10.6 Å². The number of nitrogens with zero attached hydrogens (tertiary/aromatic N) is 1. The van der Waals surface area contributed by atoms with Gasteiger partial charge in [-0.25, -0.2) is 10.8 Å². The fourth-order valence-electron chi connectivity index (χ4n) is 1.90. The van der Waals surface area contributed by atoms with E-state index in [0.29, 0.717) is 12.4 Å². The average molecular weight is 221 g/mol. The van der Waals surface area contributed by atoms with Crippen LogP contribution in [0.3, 0.4) is 0 Å². The summed E-state index contributed by atoms with van der Waals surface area (Å²) >= 11 is 0. The highest BCUT2D eigenvalue weighted by atomic mass is 16.5. The molecule has 88 valence electrons. The zero-order chi connectivity index (χ0) is 11.2. The molecule has 0 atom stereocenters. The summed E-state index contributed by atoms with van der Waals surface area (Å²) in [7, 11) is 0. The van der Waals surface area contributed by atoms with Gasteiger partial charge in [-0.3, -0.25) is 0 Å². The molecule has 0 amide bonds. The van der Waals surface area contributed by atoms with Gasteiger partial charge in [0.2, 0.25) is 0 Å². The van der Waals surface area contributed by atoms with Crippen molar-refractivity contribution < 1.29 is 4.74 Å². The molecule has 16 heavy (non-hydrogen) atoms. The minimum Gasteiger partial charge on any atom is -0.377 e. The topological polar surface area (TPSA) is 60.2 Å². The Kier molecular flexibility index (Phi) is 4.13. The molecule has 1 heterocycles. The average Bonchev–Trinajstić information content (AvgIpc) is 2.27. The maximum Gasteiger partial charge on any atom is 0.145 e. The second-order valence-corrected chi connectivity index (χ2v) is 4.29. The van der Waals surface area contributed by atoms with Gasteiger partial charge in [-0.2, -0.15) is 0 Å². The number of nitrogen functional groups attached to an aromatic ring is 1. The van der Waals surface area contributed by atoms with E-state index in [0.717, 1.165) is 18.1 Å². The van der Waals surface area contributed by atoms with Crippen molar-refractivity contribution in [2.45, 2.75) is 32.3 Å². The Labute approximate surface area is 96.2 Å². The van der Waals surface area contributed by atoms with Crippen LogP contribution in [0, 0.1) is 5.92 Å². The molecule has 0 saturated heterocycles. The third-order valence-corrected chi connectivity index (χ3v) is 3.18. The Morgan fingerprint density at radius 2 is 2.38 bits per heavy atom. The number of hydrogen-bond acceptors (Lipinski definition) is 4. The number of hydrazine groups is 1. The summed E-state index contributed by atoms with van der Waals surface area (Å²) in [6.07, 6.45) is 7.06. The first-order chi connectivity index (χ1) is 7.90. The molecule has 1 aliphatic rings. The number of aromatic nitrogens is 1. The van der Waals surface area contributed by atoms with Gasteiger partial charge in [0.1, 0.15) is 5.82 Å². The molecular formula is C12H19N3O. The van der Waals surface area contributed by atoms with Crippen LogP contribution >= 0.6 is 0 Å². The predicted molar refractivity (Wildman–Crippen MR) is 63.7 cm³/mol. The third kappa shape index (κ3) is 2.93. The van der Waals surface area contributed by atoms with Gasteiger partial charge in [-0.05, 0) is 18.4 Å². The highest BCUT2D eigenvalue weighted by Crippen LogP contribution is 2.29. The molecule has 0 aliphatic heterocycles. The van der Waals surface area contributed by atoms with Crippen LogP contribution < -0.4 is 11.3 Å². The molecule has 3 N–H and O–H groups in total. The van der Waals surface area contributed by atoms with Crippen LogP contribution in [0.2, 0.25) is 0 Å². The van der Waals surface area contributed by atoms with Crippen LogP contribution in [-0.2, 0) is 11.3 Å².